The first-order valence-corrected chi connectivity index (χ1v) is 5.25. The molecule has 0 radical (unpaired) electrons. The van der Waals surface area contributed by atoms with Crippen LogP contribution in [0, 0.1) is 5.92 Å². The summed E-state index contributed by atoms with van der Waals surface area (Å²) in [6.07, 6.45) is 6.78. The highest BCUT2D eigenvalue weighted by atomic mass is 15.1. The number of nitrogens with zero attached hydrogens (tertiary/aromatic N) is 1. The third-order valence-corrected chi connectivity index (χ3v) is 3.71. The van der Waals surface area contributed by atoms with Gasteiger partial charge < -0.3 is 10.6 Å². The highest BCUT2D eigenvalue weighted by Gasteiger charge is 2.35. The number of likely N-dealkylation sites (tertiary alicyclic amines) is 1. The van der Waals surface area contributed by atoms with Crippen LogP contribution in [-0.4, -0.2) is 30.6 Å². The molecule has 0 aromatic heterocycles. The molecule has 2 N–H and O–H groups in total. The maximum atomic E-state index is 6.12. The smallest absolute Gasteiger partial charge is 0.0135 e. The van der Waals surface area contributed by atoms with E-state index < -0.39 is 0 Å². The van der Waals surface area contributed by atoms with Gasteiger partial charge in [-0.1, -0.05) is 12.8 Å². The van der Waals surface area contributed by atoms with Gasteiger partial charge in [0.2, 0.25) is 0 Å². The molecule has 1 saturated carbocycles. The van der Waals surface area contributed by atoms with Gasteiger partial charge in [0.1, 0.15) is 0 Å². The van der Waals surface area contributed by atoms with Crippen LogP contribution in [0.5, 0.6) is 0 Å². The lowest BCUT2D eigenvalue weighted by molar-refractivity contribution is 0.0679. The van der Waals surface area contributed by atoms with Crippen LogP contribution in [0.1, 0.15) is 32.1 Å². The van der Waals surface area contributed by atoms with Crippen LogP contribution in [0.25, 0.3) is 0 Å². The third kappa shape index (κ3) is 1.38. The zero-order chi connectivity index (χ0) is 8.55. The molecular formula is C10H20N2. The first kappa shape index (κ1) is 8.52. The first-order chi connectivity index (χ1) is 5.79. The standard InChI is InChI=1S/C10H20N2/c1-12-7-6-9(11)8-4-2-3-5-10(8)12/h8-10H,2-7,11H2,1H3/t8-,9-,10+/m0/s1. The van der Waals surface area contributed by atoms with E-state index >= 15 is 0 Å². The number of hydrogen-bond donors (Lipinski definition) is 1. The summed E-state index contributed by atoms with van der Waals surface area (Å²) >= 11 is 0. The summed E-state index contributed by atoms with van der Waals surface area (Å²) in [5.41, 5.74) is 6.12. The Bertz CT molecular complexity index is 140. The molecule has 1 aliphatic carbocycles. The average molecular weight is 168 g/mol. The van der Waals surface area contributed by atoms with Crippen molar-refractivity contribution in [3.05, 3.63) is 0 Å². The molecule has 70 valence electrons. The Hall–Kier alpha value is -0.0800. The van der Waals surface area contributed by atoms with Crippen LogP contribution in [0.2, 0.25) is 0 Å². The van der Waals surface area contributed by atoms with Gasteiger partial charge in [-0.2, -0.15) is 0 Å². The molecule has 1 aliphatic heterocycles. The van der Waals surface area contributed by atoms with Gasteiger partial charge in [-0.25, -0.2) is 0 Å². The fourth-order valence-corrected chi connectivity index (χ4v) is 2.92. The molecule has 1 heterocycles. The van der Waals surface area contributed by atoms with Crippen LogP contribution < -0.4 is 5.73 Å². The van der Waals surface area contributed by atoms with Crippen LogP contribution in [0.4, 0.5) is 0 Å². The molecule has 2 rings (SSSR count). The van der Waals surface area contributed by atoms with Crippen LogP contribution in [0.15, 0.2) is 0 Å². The van der Waals surface area contributed by atoms with Gasteiger partial charge in [-0.05, 0) is 38.8 Å². The Balaban J connectivity index is 2.05. The monoisotopic (exact) mass is 168 g/mol. The summed E-state index contributed by atoms with van der Waals surface area (Å²) in [5, 5.41) is 0. The summed E-state index contributed by atoms with van der Waals surface area (Å²) < 4.78 is 0. The van der Waals surface area contributed by atoms with Gasteiger partial charge in [-0.3, -0.25) is 0 Å². The predicted octanol–water partition coefficient (Wildman–Crippen LogP) is 1.21. The van der Waals surface area contributed by atoms with E-state index in [1.54, 1.807) is 0 Å². The summed E-state index contributed by atoms with van der Waals surface area (Å²) in [4.78, 5) is 2.52. The molecule has 2 nitrogen and oxygen atoms in total. The zero-order valence-electron chi connectivity index (χ0n) is 8.00. The lowest BCUT2D eigenvalue weighted by Gasteiger charge is -2.45. The Morgan fingerprint density at radius 1 is 1.17 bits per heavy atom. The van der Waals surface area contributed by atoms with Crippen molar-refractivity contribution < 1.29 is 0 Å². The molecule has 3 atom stereocenters. The maximum absolute atomic E-state index is 6.12. The van der Waals surface area contributed by atoms with E-state index in [1.807, 2.05) is 0 Å². The topological polar surface area (TPSA) is 29.3 Å². The molecule has 0 unspecified atom stereocenters. The number of rotatable bonds is 0. The summed E-state index contributed by atoms with van der Waals surface area (Å²) in [7, 11) is 2.26. The number of piperidine rings is 1. The highest BCUT2D eigenvalue weighted by molar-refractivity contribution is 4.92. The lowest BCUT2D eigenvalue weighted by Crippen LogP contribution is -2.53. The molecule has 2 aliphatic rings. The van der Waals surface area contributed by atoms with E-state index in [0.29, 0.717) is 6.04 Å². The summed E-state index contributed by atoms with van der Waals surface area (Å²) in [6, 6.07) is 1.30. The van der Waals surface area contributed by atoms with Gasteiger partial charge in [0, 0.05) is 12.1 Å². The van der Waals surface area contributed by atoms with Crippen LogP contribution in [-0.2, 0) is 0 Å². The molecule has 0 amide bonds. The zero-order valence-corrected chi connectivity index (χ0v) is 8.00. The quantitative estimate of drug-likeness (QED) is 0.589. The molecule has 12 heavy (non-hydrogen) atoms. The summed E-state index contributed by atoms with van der Waals surface area (Å²) in [5.74, 6) is 0.803. The normalized spacial score (nSPS) is 44.0. The van der Waals surface area contributed by atoms with Crippen molar-refractivity contribution in [3.8, 4) is 0 Å². The minimum absolute atomic E-state index is 0.492. The molecule has 2 fully saturated rings. The Labute approximate surface area is 75.1 Å². The van der Waals surface area contributed by atoms with Crippen molar-refractivity contribution in [1.29, 1.82) is 0 Å². The maximum Gasteiger partial charge on any atom is 0.0135 e. The minimum atomic E-state index is 0.492. The molecule has 0 aromatic rings. The van der Waals surface area contributed by atoms with E-state index in [-0.39, 0.29) is 0 Å². The molecule has 0 aromatic carbocycles. The van der Waals surface area contributed by atoms with E-state index in [9.17, 15) is 0 Å². The second-order valence-electron chi connectivity index (χ2n) is 4.45. The largest absolute Gasteiger partial charge is 0.327 e. The third-order valence-electron chi connectivity index (χ3n) is 3.71. The Morgan fingerprint density at radius 2 is 1.92 bits per heavy atom. The van der Waals surface area contributed by atoms with Crippen LogP contribution >= 0.6 is 0 Å². The molecule has 0 spiro atoms. The Kier molecular flexibility index (Phi) is 2.37. The number of nitrogens with two attached hydrogens (primary N) is 1. The average Bonchev–Trinajstić information content (AvgIpc) is 2.12. The summed E-state index contributed by atoms with van der Waals surface area (Å²) in [6.45, 7) is 1.21. The second-order valence-corrected chi connectivity index (χ2v) is 4.45. The number of hydrogen-bond acceptors (Lipinski definition) is 2. The fraction of sp³-hybridized carbons (Fsp3) is 1.00. The highest BCUT2D eigenvalue weighted by Crippen LogP contribution is 2.33. The van der Waals surface area contributed by atoms with Crippen LogP contribution in [0.3, 0.4) is 0 Å². The van der Waals surface area contributed by atoms with Crippen molar-refractivity contribution >= 4 is 0 Å². The Morgan fingerprint density at radius 3 is 2.67 bits per heavy atom. The van der Waals surface area contributed by atoms with Crippen molar-refractivity contribution in [2.24, 2.45) is 11.7 Å². The van der Waals surface area contributed by atoms with Crippen molar-refractivity contribution in [3.63, 3.8) is 0 Å². The minimum Gasteiger partial charge on any atom is -0.327 e. The van der Waals surface area contributed by atoms with Gasteiger partial charge in [0.15, 0.2) is 0 Å². The lowest BCUT2D eigenvalue weighted by atomic mass is 9.76. The van der Waals surface area contributed by atoms with Gasteiger partial charge >= 0.3 is 0 Å². The van der Waals surface area contributed by atoms with Crippen molar-refractivity contribution in [1.82, 2.24) is 4.90 Å². The molecule has 2 heteroatoms. The first-order valence-electron chi connectivity index (χ1n) is 5.25. The van der Waals surface area contributed by atoms with E-state index in [4.69, 9.17) is 5.73 Å². The van der Waals surface area contributed by atoms with Gasteiger partial charge in [-0.15, -0.1) is 0 Å². The van der Waals surface area contributed by atoms with Crippen molar-refractivity contribution in [2.45, 2.75) is 44.2 Å². The molecule has 1 saturated heterocycles. The van der Waals surface area contributed by atoms with Gasteiger partial charge in [0.05, 0.1) is 0 Å². The van der Waals surface area contributed by atoms with Gasteiger partial charge in [0.25, 0.3) is 0 Å². The van der Waals surface area contributed by atoms with E-state index in [2.05, 4.69) is 11.9 Å². The number of fused-ring (bicyclic) bond motifs is 1. The SMILES string of the molecule is CN1CC[C@H](N)[C@@H]2CCCC[C@H]21. The second kappa shape index (κ2) is 3.35. The fourth-order valence-electron chi connectivity index (χ4n) is 2.92. The predicted molar refractivity (Wildman–Crippen MR) is 51.0 cm³/mol. The molecule has 0 bridgehead atoms. The van der Waals surface area contributed by atoms with E-state index in [0.717, 1.165) is 12.0 Å². The molecular weight excluding hydrogens is 148 g/mol. The van der Waals surface area contributed by atoms with Crippen molar-refractivity contribution in [2.75, 3.05) is 13.6 Å². The van der Waals surface area contributed by atoms with E-state index in [1.165, 1.54) is 38.6 Å².